The van der Waals surface area contributed by atoms with Crippen LogP contribution in [-0.2, 0) is 33.2 Å². The van der Waals surface area contributed by atoms with Gasteiger partial charge in [-0.25, -0.2) is 0 Å². The fraction of sp³-hybridized carbons (Fsp3) is 0.953. The zero-order chi connectivity index (χ0) is 56.5. The van der Waals surface area contributed by atoms with E-state index in [9.17, 15) is 40.5 Å². The van der Waals surface area contributed by atoms with Crippen LogP contribution in [0, 0.1) is 0 Å². The number of allylic oxidation sites excluding steroid dienone is 2. The minimum absolute atomic E-state index is 0.0677. The van der Waals surface area contributed by atoms with Gasteiger partial charge in [-0.1, -0.05) is 257 Å². The highest BCUT2D eigenvalue weighted by molar-refractivity contribution is 5.69. The Labute approximate surface area is 475 Å². The molecular formula is C64H122O14. The number of aliphatic hydroxyl groups excluding tert-OH is 7. The van der Waals surface area contributed by atoms with Gasteiger partial charge in [0.2, 0.25) is 0 Å². The summed E-state index contributed by atoms with van der Waals surface area (Å²) >= 11 is 0. The van der Waals surface area contributed by atoms with Gasteiger partial charge in [0.1, 0.15) is 54.9 Å². The molecule has 462 valence electrons. The number of hydrogen-bond acceptors (Lipinski definition) is 14. The third-order valence-electron chi connectivity index (χ3n) is 16.0. The standard InChI is InChI=1S/C64H122O14/c1-3-5-7-9-11-13-15-17-19-21-23-25-26-28-30-32-34-36-38-40-42-44-46-48-73-50-53(51-74-63-62(72)60(70)58(68)55(78-63)52-75-64-61(71)59(69)57(67)54(49-65)77-64)76-56(66)47-45-43-41-39-37-35-33-31-29-27-24-22-20-18-16-14-12-10-8-6-4-2/h22,24,53-55,57-65,67-72H,3-21,23,25-52H2,1-2H3/b24-22-. The first-order valence-corrected chi connectivity index (χ1v) is 32.8. The van der Waals surface area contributed by atoms with Crippen LogP contribution < -0.4 is 0 Å². The van der Waals surface area contributed by atoms with Crippen LogP contribution in [0.1, 0.15) is 290 Å². The highest BCUT2D eigenvalue weighted by Gasteiger charge is 2.47. The summed E-state index contributed by atoms with van der Waals surface area (Å²) in [5.74, 6) is -0.370. The summed E-state index contributed by atoms with van der Waals surface area (Å²) in [5, 5.41) is 72.5. The van der Waals surface area contributed by atoms with Gasteiger partial charge < -0.3 is 64.2 Å². The molecule has 2 saturated heterocycles. The van der Waals surface area contributed by atoms with Gasteiger partial charge in [-0.05, 0) is 38.5 Å². The van der Waals surface area contributed by atoms with Crippen molar-refractivity contribution in [3.63, 3.8) is 0 Å². The first kappa shape index (κ1) is 72.8. The summed E-state index contributed by atoms with van der Waals surface area (Å²) in [6.07, 6.45) is 42.8. The second kappa shape index (κ2) is 51.4. The van der Waals surface area contributed by atoms with Crippen LogP contribution in [0.4, 0.5) is 0 Å². The van der Waals surface area contributed by atoms with Crippen LogP contribution in [0.15, 0.2) is 12.2 Å². The fourth-order valence-corrected chi connectivity index (χ4v) is 10.8. The molecule has 2 aliphatic heterocycles. The average Bonchev–Trinajstić information content (AvgIpc) is 3.45. The maximum atomic E-state index is 13.1. The van der Waals surface area contributed by atoms with Crippen molar-refractivity contribution in [2.24, 2.45) is 0 Å². The SMILES string of the molecule is CCCCCCCCCC/C=C\CCCCCCCCCCCC(=O)OC(COCCCCCCCCCCCCCCCCCCCCCCCCC)COC1OC(COC2OC(CO)C(O)C(O)C2O)C(O)C(O)C1O. The molecule has 11 unspecified atom stereocenters. The predicted octanol–water partition coefficient (Wildman–Crippen LogP) is 12.9. The van der Waals surface area contributed by atoms with Crippen molar-refractivity contribution in [3.8, 4) is 0 Å². The van der Waals surface area contributed by atoms with Crippen molar-refractivity contribution >= 4 is 5.97 Å². The smallest absolute Gasteiger partial charge is 0.306 e. The number of carbonyl (C=O) groups is 1. The van der Waals surface area contributed by atoms with Gasteiger partial charge in [0.15, 0.2) is 12.6 Å². The minimum Gasteiger partial charge on any atom is -0.457 e. The molecule has 0 saturated carbocycles. The van der Waals surface area contributed by atoms with Crippen molar-refractivity contribution in [2.75, 3.05) is 33.0 Å². The molecule has 2 fully saturated rings. The Bertz CT molecular complexity index is 1340. The number of aliphatic hydroxyl groups is 7. The highest BCUT2D eigenvalue weighted by atomic mass is 16.7. The zero-order valence-corrected chi connectivity index (χ0v) is 49.9. The fourth-order valence-electron chi connectivity index (χ4n) is 10.8. The van der Waals surface area contributed by atoms with E-state index >= 15 is 0 Å². The largest absolute Gasteiger partial charge is 0.457 e. The molecule has 0 aromatic carbocycles. The second-order valence-corrected chi connectivity index (χ2v) is 23.3. The van der Waals surface area contributed by atoms with Crippen molar-refractivity contribution in [1.82, 2.24) is 0 Å². The van der Waals surface area contributed by atoms with Crippen LogP contribution >= 0.6 is 0 Å². The van der Waals surface area contributed by atoms with Crippen LogP contribution in [-0.4, -0.2) is 142 Å². The van der Waals surface area contributed by atoms with Crippen LogP contribution in [0.2, 0.25) is 0 Å². The maximum absolute atomic E-state index is 13.1. The van der Waals surface area contributed by atoms with E-state index in [2.05, 4.69) is 26.0 Å². The molecule has 2 heterocycles. The van der Waals surface area contributed by atoms with E-state index in [-0.39, 0.29) is 25.6 Å². The molecule has 0 spiro atoms. The van der Waals surface area contributed by atoms with Gasteiger partial charge >= 0.3 is 5.97 Å². The molecule has 0 aliphatic carbocycles. The first-order chi connectivity index (χ1) is 38.1. The lowest BCUT2D eigenvalue weighted by Crippen LogP contribution is -2.61. The Hall–Kier alpha value is -1.27. The molecule has 11 atom stereocenters. The summed E-state index contributed by atoms with van der Waals surface area (Å²) in [5.41, 5.74) is 0. The molecule has 2 aliphatic rings. The molecule has 0 aromatic heterocycles. The molecular weight excluding hydrogens is 993 g/mol. The summed E-state index contributed by atoms with van der Waals surface area (Å²) < 4.78 is 34.5. The normalized spacial score (nSPS) is 24.1. The Balaban J connectivity index is 1.66. The number of carbonyl (C=O) groups excluding carboxylic acids is 1. The predicted molar refractivity (Wildman–Crippen MR) is 312 cm³/mol. The number of hydrogen-bond donors (Lipinski definition) is 7. The van der Waals surface area contributed by atoms with E-state index in [1.807, 2.05) is 0 Å². The number of esters is 1. The molecule has 14 nitrogen and oxygen atoms in total. The highest BCUT2D eigenvalue weighted by Crippen LogP contribution is 2.27. The minimum atomic E-state index is -1.70. The van der Waals surface area contributed by atoms with Gasteiger partial charge in [0.05, 0.1) is 26.4 Å². The molecule has 7 N–H and O–H groups in total. The summed E-state index contributed by atoms with van der Waals surface area (Å²) in [6.45, 7) is 3.77. The van der Waals surface area contributed by atoms with Crippen LogP contribution in [0.5, 0.6) is 0 Å². The number of ether oxygens (including phenoxy) is 6. The van der Waals surface area contributed by atoms with Crippen LogP contribution in [0.3, 0.4) is 0 Å². The molecule has 0 bridgehead atoms. The lowest BCUT2D eigenvalue weighted by Gasteiger charge is -2.42. The van der Waals surface area contributed by atoms with Crippen molar-refractivity contribution in [1.29, 1.82) is 0 Å². The quantitative estimate of drug-likeness (QED) is 0.0172. The molecule has 0 radical (unpaired) electrons. The first-order valence-electron chi connectivity index (χ1n) is 32.8. The third kappa shape index (κ3) is 37.0. The van der Waals surface area contributed by atoms with E-state index < -0.39 is 80.7 Å². The summed E-state index contributed by atoms with van der Waals surface area (Å²) in [7, 11) is 0. The van der Waals surface area contributed by atoms with Gasteiger partial charge in [-0.3, -0.25) is 4.79 Å². The summed E-state index contributed by atoms with van der Waals surface area (Å²) in [4.78, 5) is 13.1. The van der Waals surface area contributed by atoms with Crippen LogP contribution in [0.25, 0.3) is 0 Å². The zero-order valence-electron chi connectivity index (χ0n) is 49.9. The lowest BCUT2D eigenvalue weighted by molar-refractivity contribution is -0.332. The maximum Gasteiger partial charge on any atom is 0.306 e. The number of unbranched alkanes of at least 4 members (excludes halogenated alkanes) is 39. The monoisotopic (exact) mass is 1110 g/mol. The van der Waals surface area contributed by atoms with Gasteiger partial charge in [-0.15, -0.1) is 0 Å². The Morgan fingerprint density at radius 1 is 0.410 bits per heavy atom. The van der Waals surface area contributed by atoms with Crippen molar-refractivity contribution in [3.05, 3.63) is 12.2 Å². The third-order valence-corrected chi connectivity index (χ3v) is 16.0. The van der Waals surface area contributed by atoms with Crippen molar-refractivity contribution < 1.29 is 69.0 Å². The average molecular weight is 1120 g/mol. The second-order valence-electron chi connectivity index (χ2n) is 23.3. The van der Waals surface area contributed by atoms with Crippen molar-refractivity contribution in [2.45, 2.75) is 357 Å². The Morgan fingerprint density at radius 3 is 1.17 bits per heavy atom. The van der Waals surface area contributed by atoms with E-state index in [0.717, 1.165) is 38.5 Å². The molecule has 14 heteroatoms. The Kier molecular flexibility index (Phi) is 48.0. The van der Waals surface area contributed by atoms with Gasteiger partial charge in [-0.2, -0.15) is 0 Å². The summed E-state index contributed by atoms with van der Waals surface area (Å²) in [6, 6.07) is 0. The molecule has 2 rings (SSSR count). The number of rotatable bonds is 55. The van der Waals surface area contributed by atoms with E-state index in [0.29, 0.717) is 13.0 Å². The topological polar surface area (TPSA) is 214 Å². The molecule has 78 heavy (non-hydrogen) atoms. The van der Waals surface area contributed by atoms with E-state index in [4.69, 9.17) is 28.4 Å². The van der Waals surface area contributed by atoms with Gasteiger partial charge in [0, 0.05) is 13.0 Å². The van der Waals surface area contributed by atoms with E-state index in [1.54, 1.807) is 0 Å². The lowest BCUT2D eigenvalue weighted by atomic mass is 9.98. The molecule has 0 aromatic rings. The molecule has 0 amide bonds. The van der Waals surface area contributed by atoms with E-state index in [1.165, 1.54) is 225 Å². The van der Waals surface area contributed by atoms with Gasteiger partial charge in [0.25, 0.3) is 0 Å². The Morgan fingerprint density at radius 2 is 0.756 bits per heavy atom.